The highest BCUT2D eigenvalue weighted by atomic mass is 19.1. The minimum atomic E-state index is -0.277. The second kappa shape index (κ2) is 8.91. The van der Waals surface area contributed by atoms with Crippen molar-refractivity contribution in [2.24, 2.45) is 0 Å². The first-order valence-electron chi connectivity index (χ1n) is 7.84. The number of halogens is 1. The van der Waals surface area contributed by atoms with E-state index in [0.717, 1.165) is 11.1 Å². The number of carbonyl (C=O) groups is 1. The van der Waals surface area contributed by atoms with Crippen molar-refractivity contribution >= 4 is 5.91 Å². The molecular weight excluding hydrogens is 309 g/mol. The lowest BCUT2D eigenvalue weighted by Gasteiger charge is -2.10. The van der Waals surface area contributed by atoms with Crippen LogP contribution in [0.4, 0.5) is 4.39 Å². The lowest BCUT2D eigenvalue weighted by atomic mass is 10.1. The van der Waals surface area contributed by atoms with Gasteiger partial charge in [-0.15, -0.1) is 0 Å². The van der Waals surface area contributed by atoms with Crippen LogP contribution in [0.25, 0.3) is 0 Å². The molecule has 4 nitrogen and oxygen atoms in total. The molecule has 0 saturated heterocycles. The third-order valence-corrected chi connectivity index (χ3v) is 3.71. The quantitative estimate of drug-likeness (QED) is 0.808. The van der Waals surface area contributed by atoms with E-state index in [1.165, 1.54) is 12.1 Å². The van der Waals surface area contributed by atoms with Gasteiger partial charge in [0.15, 0.2) is 11.5 Å². The van der Waals surface area contributed by atoms with Crippen LogP contribution in [0.2, 0.25) is 0 Å². The van der Waals surface area contributed by atoms with E-state index >= 15 is 0 Å². The van der Waals surface area contributed by atoms with Gasteiger partial charge in [0.25, 0.3) is 0 Å². The Hall–Kier alpha value is -2.56. The molecule has 0 bridgehead atoms. The molecule has 0 aliphatic carbocycles. The summed E-state index contributed by atoms with van der Waals surface area (Å²) >= 11 is 0. The zero-order valence-electron chi connectivity index (χ0n) is 14.0. The number of rotatable bonds is 8. The summed E-state index contributed by atoms with van der Waals surface area (Å²) in [6.45, 7) is 0.539. The maximum atomic E-state index is 13.1. The maximum absolute atomic E-state index is 13.1. The summed E-state index contributed by atoms with van der Waals surface area (Å²) in [6.07, 6.45) is 1.57. The predicted molar refractivity (Wildman–Crippen MR) is 91.0 cm³/mol. The molecule has 0 aliphatic rings. The van der Waals surface area contributed by atoms with Crippen molar-refractivity contribution in [3.8, 4) is 11.5 Å². The lowest BCUT2D eigenvalue weighted by molar-refractivity contribution is -0.121. The smallest absolute Gasteiger partial charge is 0.220 e. The Morgan fingerprint density at radius 3 is 2.46 bits per heavy atom. The van der Waals surface area contributed by atoms with Crippen molar-refractivity contribution in [2.45, 2.75) is 19.3 Å². The van der Waals surface area contributed by atoms with E-state index in [-0.39, 0.29) is 11.7 Å². The van der Waals surface area contributed by atoms with Crippen LogP contribution in [-0.4, -0.2) is 26.7 Å². The summed E-state index contributed by atoms with van der Waals surface area (Å²) in [7, 11) is 3.19. The van der Waals surface area contributed by atoms with Crippen LogP contribution in [0, 0.1) is 5.82 Å². The molecule has 24 heavy (non-hydrogen) atoms. The number of methoxy groups -OCH3 is 2. The molecule has 2 aromatic carbocycles. The van der Waals surface area contributed by atoms with E-state index in [0.29, 0.717) is 37.3 Å². The monoisotopic (exact) mass is 331 g/mol. The average Bonchev–Trinajstić information content (AvgIpc) is 2.60. The van der Waals surface area contributed by atoms with Crippen LogP contribution in [0.1, 0.15) is 17.5 Å². The Kier molecular flexibility index (Phi) is 6.61. The van der Waals surface area contributed by atoms with Gasteiger partial charge < -0.3 is 14.8 Å². The van der Waals surface area contributed by atoms with Crippen LogP contribution in [0.15, 0.2) is 42.5 Å². The Morgan fingerprint density at radius 2 is 1.75 bits per heavy atom. The highest BCUT2D eigenvalue weighted by Crippen LogP contribution is 2.27. The van der Waals surface area contributed by atoms with Gasteiger partial charge in [-0.2, -0.15) is 0 Å². The third-order valence-electron chi connectivity index (χ3n) is 3.71. The van der Waals surface area contributed by atoms with E-state index in [2.05, 4.69) is 5.32 Å². The van der Waals surface area contributed by atoms with Gasteiger partial charge >= 0.3 is 0 Å². The van der Waals surface area contributed by atoms with Crippen molar-refractivity contribution in [1.82, 2.24) is 5.32 Å². The van der Waals surface area contributed by atoms with Gasteiger partial charge in [-0.25, -0.2) is 4.39 Å². The van der Waals surface area contributed by atoms with E-state index in [1.54, 1.807) is 20.3 Å². The number of nitrogens with one attached hydrogen (secondary N) is 1. The van der Waals surface area contributed by atoms with Gasteiger partial charge in [0.2, 0.25) is 5.91 Å². The predicted octanol–water partition coefficient (Wildman–Crippen LogP) is 3.13. The molecule has 0 radical (unpaired) electrons. The largest absolute Gasteiger partial charge is 0.493 e. The minimum absolute atomic E-state index is 0.0419. The van der Waals surface area contributed by atoms with Gasteiger partial charge in [0, 0.05) is 13.0 Å². The zero-order chi connectivity index (χ0) is 17.4. The van der Waals surface area contributed by atoms with Gasteiger partial charge in [-0.3, -0.25) is 4.79 Å². The third kappa shape index (κ3) is 5.26. The van der Waals surface area contributed by atoms with Crippen LogP contribution < -0.4 is 14.8 Å². The molecule has 2 aromatic rings. The molecule has 5 heteroatoms. The van der Waals surface area contributed by atoms with E-state index < -0.39 is 0 Å². The van der Waals surface area contributed by atoms with Crippen molar-refractivity contribution in [1.29, 1.82) is 0 Å². The first-order chi connectivity index (χ1) is 11.6. The molecule has 2 rings (SSSR count). The molecule has 0 fully saturated rings. The molecule has 0 unspecified atom stereocenters. The van der Waals surface area contributed by atoms with Crippen molar-refractivity contribution < 1.29 is 18.7 Å². The number of aryl methyl sites for hydroxylation is 1. The standard InChI is InChI=1S/C19H22FNO3/c1-23-17-8-6-15(13-18(17)24-2)10-11-21-19(22)9-7-14-4-3-5-16(20)12-14/h3-6,8,12-13H,7,9-11H2,1-2H3,(H,21,22). The Labute approximate surface area is 141 Å². The van der Waals surface area contributed by atoms with Crippen molar-refractivity contribution in [2.75, 3.05) is 20.8 Å². The fourth-order valence-corrected chi connectivity index (χ4v) is 2.42. The second-order valence-electron chi connectivity index (χ2n) is 5.42. The second-order valence-corrected chi connectivity index (χ2v) is 5.42. The van der Waals surface area contributed by atoms with E-state index in [4.69, 9.17) is 9.47 Å². The molecule has 0 aromatic heterocycles. The van der Waals surface area contributed by atoms with Gasteiger partial charge in [0.1, 0.15) is 5.82 Å². The normalized spacial score (nSPS) is 10.3. The molecule has 128 valence electrons. The number of amides is 1. The molecule has 0 atom stereocenters. The molecule has 0 heterocycles. The van der Waals surface area contributed by atoms with E-state index in [1.807, 2.05) is 24.3 Å². The lowest BCUT2D eigenvalue weighted by Crippen LogP contribution is -2.25. The molecule has 0 saturated carbocycles. The summed E-state index contributed by atoms with van der Waals surface area (Å²) in [5.41, 5.74) is 1.88. The van der Waals surface area contributed by atoms with Gasteiger partial charge in [-0.1, -0.05) is 18.2 Å². The summed E-state index contributed by atoms with van der Waals surface area (Å²) in [6, 6.07) is 12.0. The van der Waals surface area contributed by atoms with Crippen LogP contribution >= 0.6 is 0 Å². The number of ether oxygens (including phenoxy) is 2. The van der Waals surface area contributed by atoms with E-state index in [9.17, 15) is 9.18 Å². The van der Waals surface area contributed by atoms with Crippen LogP contribution in [-0.2, 0) is 17.6 Å². The summed E-state index contributed by atoms with van der Waals surface area (Å²) in [5.74, 6) is 1.04. The molecule has 1 N–H and O–H groups in total. The number of hydrogen-bond acceptors (Lipinski definition) is 3. The van der Waals surface area contributed by atoms with Crippen LogP contribution in [0.5, 0.6) is 11.5 Å². The fourth-order valence-electron chi connectivity index (χ4n) is 2.42. The first-order valence-corrected chi connectivity index (χ1v) is 7.84. The van der Waals surface area contributed by atoms with Crippen molar-refractivity contribution in [3.05, 3.63) is 59.4 Å². The average molecular weight is 331 g/mol. The number of hydrogen-bond donors (Lipinski definition) is 1. The van der Waals surface area contributed by atoms with Crippen LogP contribution in [0.3, 0.4) is 0 Å². The summed E-state index contributed by atoms with van der Waals surface area (Å²) < 4.78 is 23.5. The first kappa shape index (κ1) is 17.8. The maximum Gasteiger partial charge on any atom is 0.220 e. The Bertz CT molecular complexity index is 688. The molecular formula is C19H22FNO3. The molecule has 1 amide bonds. The summed E-state index contributed by atoms with van der Waals surface area (Å²) in [5, 5.41) is 2.88. The topological polar surface area (TPSA) is 47.6 Å². The summed E-state index contributed by atoms with van der Waals surface area (Å²) in [4.78, 5) is 11.9. The fraction of sp³-hybridized carbons (Fsp3) is 0.316. The number of benzene rings is 2. The van der Waals surface area contributed by atoms with Gasteiger partial charge in [0.05, 0.1) is 14.2 Å². The minimum Gasteiger partial charge on any atom is -0.493 e. The SMILES string of the molecule is COc1ccc(CCNC(=O)CCc2cccc(F)c2)cc1OC. The Balaban J connectivity index is 1.76. The molecule has 0 spiro atoms. The highest BCUT2D eigenvalue weighted by Gasteiger charge is 2.06. The molecule has 0 aliphatic heterocycles. The zero-order valence-corrected chi connectivity index (χ0v) is 14.0. The number of carbonyl (C=O) groups excluding carboxylic acids is 1. The van der Waals surface area contributed by atoms with Crippen molar-refractivity contribution in [3.63, 3.8) is 0 Å². The highest BCUT2D eigenvalue weighted by molar-refractivity contribution is 5.76. The Morgan fingerprint density at radius 1 is 1.00 bits per heavy atom. The van der Waals surface area contributed by atoms with Gasteiger partial charge in [-0.05, 0) is 48.2 Å².